The van der Waals surface area contributed by atoms with Crippen molar-refractivity contribution in [3.8, 4) is 5.88 Å². The Balaban J connectivity index is 2.08. The smallest absolute Gasteiger partial charge is 0.241 e. The Morgan fingerprint density at radius 3 is 3.00 bits per heavy atom. The van der Waals surface area contributed by atoms with Gasteiger partial charge in [0.1, 0.15) is 4.83 Å². The van der Waals surface area contributed by atoms with Gasteiger partial charge in [0, 0.05) is 0 Å². The number of aromatic nitrogens is 2. The van der Waals surface area contributed by atoms with Gasteiger partial charge < -0.3 is 4.74 Å². The Morgan fingerprint density at radius 1 is 1.44 bits per heavy atom. The first-order valence-electron chi connectivity index (χ1n) is 6.05. The van der Waals surface area contributed by atoms with Crippen LogP contribution < -0.4 is 16.0 Å². The molecule has 18 heavy (non-hydrogen) atoms. The second kappa shape index (κ2) is 5.97. The fourth-order valence-electron chi connectivity index (χ4n) is 1.66. The zero-order chi connectivity index (χ0) is 13.0. The van der Waals surface area contributed by atoms with Gasteiger partial charge in [-0.2, -0.15) is 4.98 Å². The van der Waals surface area contributed by atoms with E-state index in [1.807, 2.05) is 11.4 Å². The number of hydrogen-bond donors (Lipinski definition) is 2. The summed E-state index contributed by atoms with van der Waals surface area (Å²) in [6.45, 7) is 5.08. The van der Waals surface area contributed by atoms with Gasteiger partial charge in [0.05, 0.1) is 12.0 Å². The summed E-state index contributed by atoms with van der Waals surface area (Å²) in [5, 5.41) is 2.92. The standard InChI is InChI=1S/C12H18N4OS/c1-8(2)4-3-6-17-10-9-5-7-18-11(9)15-12(14-10)16-13/h5,7-8H,3-4,6,13H2,1-2H3,(H,14,15,16). The maximum Gasteiger partial charge on any atom is 0.241 e. The summed E-state index contributed by atoms with van der Waals surface area (Å²) in [5.74, 6) is 7.04. The largest absolute Gasteiger partial charge is 0.477 e. The van der Waals surface area contributed by atoms with Crippen molar-refractivity contribution < 1.29 is 4.74 Å². The minimum atomic E-state index is 0.392. The van der Waals surface area contributed by atoms with Crippen molar-refractivity contribution in [2.75, 3.05) is 12.0 Å². The molecule has 3 N–H and O–H groups in total. The Hall–Kier alpha value is -1.40. The Kier molecular flexibility index (Phi) is 4.33. The van der Waals surface area contributed by atoms with E-state index in [0.29, 0.717) is 24.4 Å². The van der Waals surface area contributed by atoms with Crippen molar-refractivity contribution in [3.05, 3.63) is 11.4 Å². The molecule has 0 atom stereocenters. The summed E-state index contributed by atoms with van der Waals surface area (Å²) in [6.07, 6.45) is 2.18. The molecule has 2 heterocycles. The van der Waals surface area contributed by atoms with Crippen molar-refractivity contribution >= 4 is 27.5 Å². The van der Waals surface area contributed by atoms with E-state index in [0.717, 1.165) is 23.1 Å². The first-order chi connectivity index (χ1) is 8.70. The number of anilines is 1. The normalized spacial score (nSPS) is 11.1. The van der Waals surface area contributed by atoms with Gasteiger partial charge in [-0.3, -0.25) is 5.43 Å². The monoisotopic (exact) mass is 266 g/mol. The van der Waals surface area contributed by atoms with Crippen LogP contribution in [0, 0.1) is 5.92 Å². The SMILES string of the molecule is CC(C)CCCOc1nc(NN)nc2sccc12. The number of fused-ring (bicyclic) bond motifs is 1. The van der Waals surface area contributed by atoms with Gasteiger partial charge in [0.25, 0.3) is 0 Å². The Bertz CT molecular complexity index is 512. The van der Waals surface area contributed by atoms with Crippen LogP contribution in [0.4, 0.5) is 5.95 Å². The van der Waals surface area contributed by atoms with Gasteiger partial charge in [0.2, 0.25) is 11.8 Å². The van der Waals surface area contributed by atoms with Gasteiger partial charge in [-0.1, -0.05) is 13.8 Å². The lowest BCUT2D eigenvalue weighted by atomic mass is 10.1. The number of hydrogen-bond acceptors (Lipinski definition) is 6. The van der Waals surface area contributed by atoms with Crippen molar-refractivity contribution in [2.45, 2.75) is 26.7 Å². The van der Waals surface area contributed by atoms with Crippen LogP contribution in [0.3, 0.4) is 0 Å². The first kappa shape index (κ1) is 13.0. The molecule has 0 aliphatic rings. The molecule has 6 heteroatoms. The molecule has 0 aromatic carbocycles. The second-order valence-electron chi connectivity index (χ2n) is 4.52. The van der Waals surface area contributed by atoms with E-state index in [4.69, 9.17) is 10.6 Å². The highest BCUT2D eigenvalue weighted by atomic mass is 32.1. The van der Waals surface area contributed by atoms with E-state index in [1.165, 1.54) is 0 Å². The van der Waals surface area contributed by atoms with Gasteiger partial charge in [0.15, 0.2) is 0 Å². The predicted octanol–water partition coefficient (Wildman–Crippen LogP) is 2.79. The molecule has 2 aromatic rings. The number of thiophene rings is 1. The molecule has 0 aliphatic heterocycles. The number of ether oxygens (including phenoxy) is 1. The third-order valence-corrected chi connectivity index (χ3v) is 3.39. The van der Waals surface area contributed by atoms with Crippen LogP contribution in [0.1, 0.15) is 26.7 Å². The minimum Gasteiger partial charge on any atom is -0.477 e. The Morgan fingerprint density at radius 2 is 2.28 bits per heavy atom. The number of nitrogen functional groups attached to an aromatic ring is 1. The first-order valence-corrected chi connectivity index (χ1v) is 6.93. The molecule has 2 aromatic heterocycles. The van der Waals surface area contributed by atoms with Crippen molar-refractivity contribution in [1.29, 1.82) is 0 Å². The quantitative estimate of drug-likeness (QED) is 0.478. The number of nitrogens with zero attached hydrogens (tertiary/aromatic N) is 2. The van der Waals surface area contributed by atoms with Crippen molar-refractivity contribution in [1.82, 2.24) is 9.97 Å². The topological polar surface area (TPSA) is 73.1 Å². The molecule has 5 nitrogen and oxygen atoms in total. The van der Waals surface area contributed by atoms with E-state index in [9.17, 15) is 0 Å². The van der Waals surface area contributed by atoms with Gasteiger partial charge in [-0.15, -0.1) is 11.3 Å². The molecule has 0 aliphatic carbocycles. The van der Waals surface area contributed by atoms with Gasteiger partial charge >= 0.3 is 0 Å². The number of hydrazine groups is 1. The van der Waals surface area contributed by atoms with E-state index in [-0.39, 0.29) is 0 Å². The lowest BCUT2D eigenvalue weighted by Crippen LogP contribution is -2.11. The van der Waals surface area contributed by atoms with Crippen molar-refractivity contribution in [3.63, 3.8) is 0 Å². The molecular weight excluding hydrogens is 248 g/mol. The van der Waals surface area contributed by atoms with E-state index in [2.05, 4.69) is 29.2 Å². The van der Waals surface area contributed by atoms with Crippen LogP contribution in [0.2, 0.25) is 0 Å². The van der Waals surface area contributed by atoms with Crippen LogP contribution in [0.25, 0.3) is 10.2 Å². The number of rotatable bonds is 6. The summed E-state index contributed by atoms with van der Waals surface area (Å²) < 4.78 is 5.73. The molecule has 0 amide bonds. The zero-order valence-electron chi connectivity index (χ0n) is 10.6. The maximum absolute atomic E-state index is 5.73. The molecule has 98 valence electrons. The molecule has 0 bridgehead atoms. The highest BCUT2D eigenvalue weighted by Gasteiger charge is 2.09. The second-order valence-corrected chi connectivity index (χ2v) is 5.42. The summed E-state index contributed by atoms with van der Waals surface area (Å²) in [7, 11) is 0. The summed E-state index contributed by atoms with van der Waals surface area (Å²) in [5.41, 5.74) is 2.46. The molecule has 0 unspecified atom stereocenters. The lowest BCUT2D eigenvalue weighted by molar-refractivity contribution is 0.291. The average molecular weight is 266 g/mol. The molecule has 0 saturated heterocycles. The third kappa shape index (κ3) is 3.08. The van der Waals surface area contributed by atoms with Crippen LogP contribution in [0.15, 0.2) is 11.4 Å². The molecule has 0 spiro atoms. The fourth-order valence-corrected chi connectivity index (χ4v) is 2.42. The number of nitrogens with one attached hydrogen (secondary N) is 1. The van der Waals surface area contributed by atoms with Crippen molar-refractivity contribution in [2.24, 2.45) is 11.8 Å². The Labute approximate surface area is 110 Å². The maximum atomic E-state index is 5.73. The zero-order valence-corrected chi connectivity index (χ0v) is 11.5. The minimum absolute atomic E-state index is 0.392. The summed E-state index contributed by atoms with van der Waals surface area (Å²) in [6, 6.07) is 1.97. The highest BCUT2D eigenvalue weighted by Crippen LogP contribution is 2.28. The molecule has 0 saturated carbocycles. The van der Waals surface area contributed by atoms with Gasteiger partial charge in [-0.25, -0.2) is 10.8 Å². The molecule has 0 radical (unpaired) electrons. The molecule has 2 rings (SSSR count). The highest BCUT2D eigenvalue weighted by molar-refractivity contribution is 7.16. The van der Waals surface area contributed by atoms with Crippen LogP contribution in [0.5, 0.6) is 5.88 Å². The van der Waals surface area contributed by atoms with E-state index >= 15 is 0 Å². The van der Waals surface area contributed by atoms with Crippen LogP contribution >= 0.6 is 11.3 Å². The summed E-state index contributed by atoms with van der Waals surface area (Å²) >= 11 is 1.55. The molecule has 0 fully saturated rings. The summed E-state index contributed by atoms with van der Waals surface area (Å²) in [4.78, 5) is 9.39. The third-order valence-electron chi connectivity index (χ3n) is 2.58. The van der Waals surface area contributed by atoms with E-state index < -0.39 is 0 Å². The van der Waals surface area contributed by atoms with E-state index in [1.54, 1.807) is 11.3 Å². The average Bonchev–Trinajstić information content (AvgIpc) is 2.82. The van der Waals surface area contributed by atoms with Gasteiger partial charge in [-0.05, 0) is 30.2 Å². The fraction of sp³-hybridized carbons (Fsp3) is 0.500. The van der Waals surface area contributed by atoms with Crippen LogP contribution in [-0.4, -0.2) is 16.6 Å². The van der Waals surface area contributed by atoms with Crippen LogP contribution in [-0.2, 0) is 0 Å². The lowest BCUT2D eigenvalue weighted by Gasteiger charge is -2.08. The molecular formula is C12H18N4OS. The number of nitrogens with two attached hydrogens (primary N) is 1. The predicted molar refractivity (Wildman–Crippen MR) is 74.8 cm³/mol.